The van der Waals surface area contributed by atoms with Crippen LogP contribution < -0.4 is 0 Å². The zero-order valence-corrected chi connectivity index (χ0v) is 12.3. The van der Waals surface area contributed by atoms with Crippen LogP contribution in [0.4, 0.5) is 4.39 Å². The monoisotopic (exact) mass is 326 g/mol. The van der Waals surface area contributed by atoms with E-state index in [4.69, 9.17) is 4.74 Å². The van der Waals surface area contributed by atoms with Gasteiger partial charge in [-0.25, -0.2) is 9.37 Å². The lowest BCUT2D eigenvalue weighted by Gasteiger charge is -2.34. The van der Waals surface area contributed by atoms with Gasteiger partial charge in [-0.15, -0.1) is 0 Å². The van der Waals surface area contributed by atoms with Gasteiger partial charge in [-0.05, 0) is 47.7 Å². The van der Waals surface area contributed by atoms with Gasteiger partial charge in [0.05, 0.1) is 21.6 Å². The van der Waals surface area contributed by atoms with Crippen LogP contribution in [0.3, 0.4) is 0 Å². The number of imidazole rings is 1. The number of nitrogens with zero attached hydrogens (tertiary/aromatic N) is 1. The molecule has 102 valence electrons. The highest BCUT2D eigenvalue weighted by Gasteiger charge is 2.30. The number of H-pyrrole nitrogens is 1. The van der Waals surface area contributed by atoms with Crippen molar-refractivity contribution >= 4 is 27.0 Å². The predicted molar refractivity (Wildman–Crippen MR) is 75.6 cm³/mol. The maximum Gasteiger partial charge on any atom is 0.139 e. The lowest BCUT2D eigenvalue weighted by molar-refractivity contribution is -0.0244. The zero-order chi connectivity index (χ0) is 13.4. The minimum atomic E-state index is -0.261. The van der Waals surface area contributed by atoms with Crippen molar-refractivity contribution in [2.75, 3.05) is 6.61 Å². The zero-order valence-electron chi connectivity index (χ0n) is 10.7. The fourth-order valence-corrected chi connectivity index (χ4v) is 2.97. The van der Waals surface area contributed by atoms with E-state index in [1.807, 2.05) is 6.92 Å². The maximum absolute atomic E-state index is 13.4. The van der Waals surface area contributed by atoms with Crippen LogP contribution in [0.25, 0.3) is 11.0 Å². The van der Waals surface area contributed by atoms with Crippen molar-refractivity contribution in [1.29, 1.82) is 0 Å². The average molecular weight is 327 g/mol. The Balaban J connectivity index is 1.69. The molecule has 1 saturated carbocycles. The van der Waals surface area contributed by atoms with Gasteiger partial charge >= 0.3 is 0 Å². The molecular formula is C14H16BrFN2O. The molecule has 0 saturated heterocycles. The molecule has 2 aromatic rings. The molecule has 1 fully saturated rings. The molecule has 1 N–H and O–H groups in total. The number of rotatable bonds is 4. The number of hydrogen-bond donors (Lipinski definition) is 1. The molecule has 1 heterocycles. The van der Waals surface area contributed by atoms with Gasteiger partial charge in [0.15, 0.2) is 0 Å². The van der Waals surface area contributed by atoms with E-state index in [0.717, 1.165) is 42.7 Å². The SMILES string of the molecule is CCOC1CC(Cc2nc3cc(Br)c(F)cc3[nH]2)C1. The van der Waals surface area contributed by atoms with Gasteiger partial charge in [-0.3, -0.25) is 0 Å². The number of nitrogens with one attached hydrogen (secondary N) is 1. The minimum Gasteiger partial charge on any atom is -0.378 e. The third-order valence-electron chi connectivity index (χ3n) is 3.65. The average Bonchev–Trinajstić information content (AvgIpc) is 2.69. The lowest BCUT2D eigenvalue weighted by Crippen LogP contribution is -2.32. The largest absolute Gasteiger partial charge is 0.378 e. The molecule has 0 spiro atoms. The van der Waals surface area contributed by atoms with Crippen LogP contribution in [-0.2, 0) is 11.2 Å². The van der Waals surface area contributed by atoms with Crippen LogP contribution in [0.2, 0.25) is 0 Å². The summed E-state index contributed by atoms with van der Waals surface area (Å²) in [6, 6.07) is 3.20. The Morgan fingerprint density at radius 1 is 1.47 bits per heavy atom. The molecule has 3 rings (SSSR count). The molecule has 19 heavy (non-hydrogen) atoms. The van der Waals surface area contributed by atoms with Crippen molar-refractivity contribution in [3.05, 3.63) is 28.2 Å². The molecule has 0 aliphatic heterocycles. The van der Waals surface area contributed by atoms with Crippen LogP contribution in [0.15, 0.2) is 16.6 Å². The van der Waals surface area contributed by atoms with Crippen molar-refractivity contribution in [3.63, 3.8) is 0 Å². The van der Waals surface area contributed by atoms with E-state index in [1.54, 1.807) is 6.07 Å². The number of halogens is 2. The first kappa shape index (κ1) is 13.1. The van der Waals surface area contributed by atoms with E-state index in [2.05, 4.69) is 25.9 Å². The van der Waals surface area contributed by atoms with Crippen molar-refractivity contribution in [3.8, 4) is 0 Å². The molecule has 1 aliphatic rings. The predicted octanol–water partition coefficient (Wildman–Crippen LogP) is 3.82. The third-order valence-corrected chi connectivity index (χ3v) is 4.26. The van der Waals surface area contributed by atoms with Crippen molar-refractivity contribution in [1.82, 2.24) is 9.97 Å². The highest BCUT2D eigenvalue weighted by Crippen LogP contribution is 2.33. The Kier molecular flexibility index (Phi) is 3.58. The maximum atomic E-state index is 13.4. The van der Waals surface area contributed by atoms with E-state index in [1.165, 1.54) is 6.07 Å². The number of aromatic amines is 1. The summed E-state index contributed by atoms with van der Waals surface area (Å²) in [6.45, 7) is 2.81. The van der Waals surface area contributed by atoms with Crippen molar-refractivity contribution < 1.29 is 9.13 Å². The molecule has 1 aromatic carbocycles. The van der Waals surface area contributed by atoms with Crippen LogP contribution in [-0.4, -0.2) is 22.7 Å². The molecule has 5 heteroatoms. The van der Waals surface area contributed by atoms with Gasteiger partial charge in [-0.1, -0.05) is 0 Å². The van der Waals surface area contributed by atoms with Gasteiger partial charge in [0, 0.05) is 19.1 Å². The lowest BCUT2D eigenvalue weighted by atomic mass is 9.80. The van der Waals surface area contributed by atoms with Crippen LogP contribution in [0.5, 0.6) is 0 Å². The van der Waals surface area contributed by atoms with Crippen molar-refractivity contribution in [2.45, 2.75) is 32.3 Å². The number of aromatic nitrogens is 2. The van der Waals surface area contributed by atoms with Gasteiger partial charge in [0.2, 0.25) is 0 Å². The molecule has 1 aliphatic carbocycles. The summed E-state index contributed by atoms with van der Waals surface area (Å²) < 4.78 is 19.4. The van der Waals surface area contributed by atoms with E-state index < -0.39 is 0 Å². The van der Waals surface area contributed by atoms with Gasteiger partial charge in [0.1, 0.15) is 11.6 Å². The Morgan fingerprint density at radius 3 is 3.00 bits per heavy atom. The molecule has 3 nitrogen and oxygen atoms in total. The van der Waals surface area contributed by atoms with Crippen LogP contribution >= 0.6 is 15.9 Å². The topological polar surface area (TPSA) is 37.9 Å². The fraction of sp³-hybridized carbons (Fsp3) is 0.500. The Labute approximate surface area is 119 Å². The van der Waals surface area contributed by atoms with Crippen LogP contribution in [0, 0.1) is 11.7 Å². The first-order valence-corrected chi connectivity index (χ1v) is 7.40. The second kappa shape index (κ2) is 5.21. The number of ether oxygens (including phenoxy) is 1. The summed E-state index contributed by atoms with van der Waals surface area (Å²) in [4.78, 5) is 7.71. The number of benzene rings is 1. The Hall–Kier alpha value is -0.940. The molecule has 1 aromatic heterocycles. The molecular weight excluding hydrogens is 311 g/mol. The highest BCUT2D eigenvalue weighted by atomic mass is 79.9. The van der Waals surface area contributed by atoms with E-state index in [-0.39, 0.29) is 5.82 Å². The summed E-state index contributed by atoms with van der Waals surface area (Å²) in [5.74, 6) is 1.31. The molecule has 0 radical (unpaired) electrons. The number of hydrogen-bond acceptors (Lipinski definition) is 2. The first-order valence-electron chi connectivity index (χ1n) is 6.61. The quantitative estimate of drug-likeness (QED) is 0.927. The van der Waals surface area contributed by atoms with Crippen LogP contribution in [0.1, 0.15) is 25.6 Å². The highest BCUT2D eigenvalue weighted by molar-refractivity contribution is 9.10. The number of fused-ring (bicyclic) bond motifs is 1. The summed E-state index contributed by atoms with van der Waals surface area (Å²) >= 11 is 3.18. The fourth-order valence-electron chi connectivity index (χ4n) is 2.64. The Bertz CT molecular complexity index is 553. The first-order chi connectivity index (χ1) is 9.15. The van der Waals surface area contributed by atoms with Gasteiger partial charge in [-0.2, -0.15) is 0 Å². The van der Waals surface area contributed by atoms with E-state index >= 15 is 0 Å². The second-order valence-electron chi connectivity index (χ2n) is 5.09. The molecule has 0 unspecified atom stereocenters. The van der Waals surface area contributed by atoms with Crippen molar-refractivity contribution in [2.24, 2.45) is 5.92 Å². The molecule has 0 atom stereocenters. The summed E-state index contributed by atoms with van der Waals surface area (Å²) in [6.07, 6.45) is 3.54. The minimum absolute atomic E-state index is 0.261. The summed E-state index contributed by atoms with van der Waals surface area (Å²) in [5.41, 5.74) is 1.57. The van der Waals surface area contributed by atoms with E-state index in [0.29, 0.717) is 16.5 Å². The van der Waals surface area contributed by atoms with Gasteiger partial charge < -0.3 is 9.72 Å². The van der Waals surface area contributed by atoms with Gasteiger partial charge in [0.25, 0.3) is 0 Å². The normalized spacial score (nSPS) is 22.7. The second-order valence-corrected chi connectivity index (χ2v) is 5.94. The summed E-state index contributed by atoms with van der Waals surface area (Å²) in [5, 5.41) is 0. The summed E-state index contributed by atoms with van der Waals surface area (Å²) in [7, 11) is 0. The van der Waals surface area contributed by atoms with E-state index in [9.17, 15) is 4.39 Å². The standard InChI is InChI=1S/C14H16BrFN2O/c1-2-19-9-3-8(4-9)5-14-17-12-6-10(15)11(16)7-13(12)18-14/h6-9H,2-5H2,1H3,(H,17,18). The third kappa shape index (κ3) is 2.67. The Morgan fingerprint density at radius 2 is 2.26 bits per heavy atom. The molecule has 0 amide bonds. The molecule has 0 bridgehead atoms. The smallest absolute Gasteiger partial charge is 0.139 e.